The number of ether oxygens (including phenoxy) is 1. The van der Waals surface area contributed by atoms with Gasteiger partial charge in [-0.2, -0.15) is 0 Å². The lowest BCUT2D eigenvalue weighted by atomic mass is 10.1. The van der Waals surface area contributed by atoms with Crippen LogP contribution in [-0.2, 0) is 4.74 Å². The van der Waals surface area contributed by atoms with Crippen molar-refractivity contribution >= 4 is 24.0 Å². The molecule has 0 unspecified atom stereocenters. The summed E-state index contributed by atoms with van der Waals surface area (Å²) in [6.07, 6.45) is 11.2. The average Bonchev–Trinajstić information content (AvgIpc) is 2.42. The van der Waals surface area contributed by atoms with Crippen LogP contribution in [0.5, 0.6) is 0 Å². The first-order chi connectivity index (χ1) is 8.84. The fourth-order valence-corrected chi connectivity index (χ4v) is 2.51. The van der Waals surface area contributed by atoms with Gasteiger partial charge in [-0.15, -0.1) is 24.0 Å². The number of unbranched alkanes of at least 4 members (excludes halogenated alkanes) is 7. The van der Waals surface area contributed by atoms with Crippen molar-refractivity contribution in [2.75, 3.05) is 39.9 Å². The van der Waals surface area contributed by atoms with Gasteiger partial charge in [0.05, 0.1) is 13.2 Å². The van der Waals surface area contributed by atoms with E-state index < -0.39 is 0 Å². The minimum Gasteiger partial charge on any atom is -0.379 e. The molecule has 1 fully saturated rings. The lowest BCUT2D eigenvalue weighted by Crippen LogP contribution is -2.47. The van der Waals surface area contributed by atoms with Gasteiger partial charge >= 0.3 is 0 Å². The Labute approximate surface area is 137 Å². The predicted octanol–water partition coefficient (Wildman–Crippen LogP) is 3.92. The van der Waals surface area contributed by atoms with Gasteiger partial charge in [-0.3, -0.25) is 0 Å². The topological polar surface area (TPSA) is 15.7 Å². The predicted molar refractivity (Wildman–Crippen MR) is 93.0 cm³/mol. The molecule has 116 valence electrons. The normalized spacial score (nSPS) is 16.6. The molecule has 3 nitrogen and oxygen atoms in total. The smallest absolute Gasteiger partial charge is 0.0608 e. The molecule has 0 radical (unpaired) electrons. The summed E-state index contributed by atoms with van der Waals surface area (Å²) in [4.78, 5) is 0. The average molecular weight is 384 g/mol. The standard InChI is InChI=1S/C15H32N2O.HI/c1-3-4-5-6-7-8-9-10-11-16(2)17-12-14-18-15-13-17;/h3-15H2,1-2H3;1H. The molecule has 0 amide bonds. The zero-order valence-electron chi connectivity index (χ0n) is 12.9. The summed E-state index contributed by atoms with van der Waals surface area (Å²) in [6.45, 7) is 7.39. The molecule has 0 atom stereocenters. The number of hydrogen-bond acceptors (Lipinski definition) is 3. The van der Waals surface area contributed by atoms with Gasteiger partial charge in [-0.1, -0.05) is 51.9 Å². The Morgan fingerprint density at radius 2 is 1.42 bits per heavy atom. The molecule has 1 aliphatic heterocycles. The summed E-state index contributed by atoms with van der Waals surface area (Å²) in [7, 11) is 2.21. The van der Waals surface area contributed by atoms with Crippen LogP contribution in [0.4, 0.5) is 0 Å². The zero-order chi connectivity index (χ0) is 13.1. The SMILES string of the molecule is CCCCCCCCCCN(C)N1CCOCC1.I. The van der Waals surface area contributed by atoms with Gasteiger partial charge in [0.2, 0.25) is 0 Å². The Morgan fingerprint density at radius 3 is 2.00 bits per heavy atom. The van der Waals surface area contributed by atoms with E-state index in [0.29, 0.717) is 0 Å². The van der Waals surface area contributed by atoms with Gasteiger partial charge in [0.15, 0.2) is 0 Å². The van der Waals surface area contributed by atoms with Crippen LogP contribution in [-0.4, -0.2) is 49.9 Å². The Balaban J connectivity index is 0.00000324. The molecule has 19 heavy (non-hydrogen) atoms. The quantitative estimate of drug-likeness (QED) is 0.419. The molecule has 1 rings (SSSR count). The van der Waals surface area contributed by atoms with E-state index in [-0.39, 0.29) is 24.0 Å². The third-order valence-corrected chi connectivity index (χ3v) is 3.81. The molecule has 0 aromatic heterocycles. The molecule has 0 aromatic carbocycles. The highest BCUT2D eigenvalue weighted by atomic mass is 127. The molecule has 1 heterocycles. The van der Waals surface area contributed by atoms with Gasteiger partial charge in [0.25, 0.3) is 0 Å². The monoisotopic (exact) mass is 384 g/mol. The summed E-state index contributed by atoms with van der Waals surface area (Å²) in [5.74, 6) is 0. The lowest BCUT2D eigenvalue weighted by Gasteiger charge is -2.34. The number of nitrogens with zero attached hydrogens (tertiary/aromatic N) is 2. The van der Waals surface area contributed by atoms with Crippen molar-refractivity contribution in [2.24, 2.45) is 0 Å². The Morgan fingerprint density at radius 1 is 0.895 bits per heavy atom. The summed E-state index contributed by atoms with van der Waals surface area (Å²) < 4.78 is 5.37. The molecule has 0 aromatic rings. The molecule has 1 saturated heterocycles. The van der Waals surface area contributed by atoms with Crippen LogP contribution < -0.4 is 0 Å². The molecule has 0 spiro atoms. The number of hydrazine groups is 1. The van der Waals surface area contributed by atoms with Crippen LogP contribution in [0.2, 0.25) is 0 Å². The Hall–Kier alpha value is 0.610. The van der Waals surface area contributed by atoms with Crippen LogP contribution >= 0.6 is 24.0 Å². The van der Waals surface area contributed by atoms with Crippen LogP contribution in [0.3, 0.4) is 0 Å². The van der Waals surface area contributed by atoms with Crippen molar-refractivity contribution in [2.45, 2.75) is 58.3 Å². The van der Waals surface area contributed by atoms with E-state index in [4.69, 9.17) is 4.74 Å². The van der Waals surface area contributed by atoms with Crippen LogP contribution in [0.25, 0.3) is 0 Å². The zero-order valence-corrected chi connectivity index (χ0v) is 15.2. The van der Waals surface area contributed by atoms with Crippen LogP contribution in [0, 0.1) is 0 Å². The van der Waals surface area contributed by atoms with Gasteiger partial charge in [-0.25, -0.2) is 10.0 Å². The van der Waals surface area contributed by atoms with E-state index in [1.165, 1.54) is 57.9 Å². The molecular weight excluding hydrogens is 351 g/mol. The van der Waals surface area contributed by atoms with E-state index in [1.807, 2.05) is 0 Å². The van der Waals surface area contributed by atoms with Gasteiger partial charge in [0, 0.05) is 26.7 Å². The second-order valence-corrected chi connectivity index (χ2v) is 5.42. The second kappa shape index (κ2) is 13.6. The second-order valence-electron chi connectivity index (χ2n) is 5.42. The van der Waals surface area contributed by atoms with Gasteiger partial charge in [0.1, 0.15) is 0 Å². The van der Waals surface area contributed by atoms with Crippen molar-refractivity contribution in [3.05, 3.63) is 0 Å². The van der Waals surface area contributed by atoms with Crippen molar-refractivity contribution in [1.82, 2.24) is 10.0 Å². The third kappa shape index (κ3) is 10.0. The first-order valence-electron chi connectivity index (χ1n) is 7.88. The fourth-order valence-electron chi connectivity index (χ4n) is 2.51. The molecule has 1 aliphatic rings. The summed E-state index contributed by atoms with van der Waals surface area (Å²) in [5, 5.41) is 4.81. The molecule has 0 aliphatic carbocycles. The summed E-state index contributed by atoms with van der Waals surface area (Å²) >= 11 is 0. The molecule has 0 N–H and O–H groups in total. The maximum absolute atomic E-state index is 5.37. The first kappa shape index (κ1) is 19.6. The number of morpholine rings is 1. The number of halogens is 1. The minimum atomic E-state index is 0. The van der Waals surface area contributed by atoms with Crippen LogP contribution in [0.15, 0.2) is 0 Å². The maximum Gasteiger partial charge on any atom is 0.0608 e. The van der Waals surface area contributed by atoms with E-state index in [0.717, 1.165) is 26.3 Å². The fraction of sp³-hybridized carbons (Fsp3) is 1.00. The molecule has 0 saturated carbocycles. The van der Waals surface area contributed by atoms with E-state index in [1.54, 1.807) is 0 Å². The number of rotatable bonds is 10. The molecular formula is C15H33IN2O. The lowest BCUT2D eigenvalue weighted by molar-refractivity contribution is -0.0759. The van der Waals surface area contributed by atoms with Crippen molar-refractivity contribution in [3.8, 4) is 0 Å². The Kier molecular flexibility index (Phi) is 14.0. The van der Waals surface area contributed by atoms with Crippen molar-refractivity contribution in [3.63, 3.8) is 0 Å². The largest absolute Gasteiger partial charge is 0.379 e. The van der Waals surface area contributed by atoms with Gasteiger partial charge in [-0.05, 0) is 6.42 Å². The highest BCUT2D eigenvalue weighted by Crippen LogP contribution is 2.09. The number of hydrogen-bond donors (Lipinski definition) is 0. The van der Waals surface area contributed by atoms with Crippen molar-refractivity contribution in [1.29, 1.82) is 0 Å². The van der Waals surface area contributed by atoms with E-state index in [9.17, 15) is 0 Å². The van der Waals surface area contributed by atoms with Crippen LogP contribution in [0.1, 0.15) is 58.3 Å². The summed E-state index contributed by atoms with van der Waals surface area (Å²) in [5.41, 5.74) is 0. The van der Waals surface area contributed by atoms with E-state index in [2.05, 4.69) is 24.0 Å². The van der Waals surface area contributed by atoms with Gasteiger partial charge < -0.3 is 4.74 Å². The highest BCUT2D eigenvalue weighted by Gasteiger charge is 2.13. The Bertz CT molecular complexity index is 187. The third-order valence-electron chi connectivity index (χ3n) is 3.81. The molecule has 0 bridgehead atoms. The highest BCUT2D eigenvalue weighted by molar-refractivity contribution is 14.0. The van der Waals surface area contributed by atoms with Crippen molar-refractivity contribution < 1.29 is 4.74 Å². The first-order valence-corrected chi connectivity index (χ1v) is 7.88. The maximum atomic E-state index is 5.37. The summed E-state index contributed by atoms with van der Waals surface area (Å²) in [6, 6.07) is 0. The molecule has 4 heteroatoms. The minimum absolute atomic E-state index is 0. The van der Waals surface area contributed by atoms with E-state index >= 15 is 0 Å².